The van der Waals surface area contributed by atoms with Crippen molar-refractivity contribution in [3.63, 3.8) is 0 Å². The van der Waals surface area contributed by atoms with Crippen LogP contribution >= 0.6 is 0 Å². The second-order valence-corrected chi connectivity index (χ2v) is 8.32. The topological polar surface area (TPSA) is 50.3 Å². The largest absolute Gasteiger partial charge is 0.297 e. The molecule has 158 valence electrons. The molecular weight excluding hydrogens is 408 g/mol. The van der Waals surface area contributed by atoms with Gasteiger partial charge in [0.05, 0.1) is 17.5 Å². The summed E-state index contributed by atoms with van der Waals surface area (Å²) >= 11 is 0. The monoisotopic (exact) mass is 428 g/mol. The second kappa shape index (κ2) is 7.68. The minimum absolute atomic E-state index is 0.395. The standard InChI is InChI=1S/C29H20N2O2/c32-28-26(24-16-17-30-25-13-7-6-12-23(24)25)27(20-9-2-1-3-10-20)31(29(28)33)22-15-14-19-8-4-5-11-21(19)18-22/h1-18,26-27H. The van der Waals surface area contributed by atoms with Crippen LogP contribution in [0.25, 0.3) is 21.7 Å². The lowest BCUT2D eigenvalue weighted by Crippen LogP contribution is -2.29. The van der Waals surface area contributed by atoms with Crippen molar-refractivity contribution in [2.24, 2.45) is 0 Å². The molecule has 0 spiro atoms. The van der Waals surface area contributed by atoms with Crippen LogP contribution in [0.5, 0.6) is 0 Å². The third kappa shape index (κ3) is 3.11. The predicted octanol–water partition coefficient (Wildman–Crippen LogP) is 5.83. The Bertz CT molecular complexity index is 1520. The summed E-state index contributed by atoms with van der Waals surface area (Å²) in [6.07, 6.45) is 1.72. The van der Waals surface area contributed by atoms with Gasteiger partial charge in [0.25, 0.3) is 5.91 Å². The van der Waals surface area contributed by atoms with E-state index in [9.17, 15) is 9.59 Å². The number of carbonyl (C=O) groups is 2. The molecule has 2 heterocycles. The van der Waals surface area contributed by atoms with Crippen molar-refractivity contribution < 1.29 is 9.59 Å². The molecule has 4 aromatic carbocycles. The van der Waals surface area contributed by atoms with Gasteiger partial charge in [-0.2, -0.15) is 0 Å². The molecule has 1 amide bonds. The van der Waals surface area contributed by atoms with Gasteiger partial charge < -0.3 is 0 Å². The van der Waals surface area contributed by atoms with Crippen LogP contribution in [-0.4, -0.2) is 16.7 Å². The van der Waals surface area contributed by atoms with Crippen LogP contribution in [0.3, 0.4) is 0 Å². The Hall–Kier alpha value is -4.31. The van der Waals surface area contributed by atoms with Gasteiger partial charge in [-0.15, -0.1) is 0 Å². The number of fused-ring (bicyclic) bond motifs is 2. The first-order valence-electron chi connectivity index (χ1n) is 11.0. The molecule has 4 nitrogen and oxygen atoms in total. The Morgan fingerprint density at radius 3 is 2.27 bits per heavy atom. The zero-order valence-electron chi connectivity index (χ0n) is 17.8. The van der Waals surface area contributed by atoms with Gasteiger partial charge in [0.1, 0.15) is 0 Å². The lowest BCUT2D eigenvalue weighted by Gasteiger charge is -2.28. The number of amides is 1. The fourth-order valence-electron chi connectivity index (χ4n) is 4.97. The van der Waals surface area contributed by atoms with E-state index < -0.39 is 23.7 Å². The highest BCUT2D eigenvalue weighted by Gasteiger charge is 2.49. The van der Waals surface area contributed by atoms with Crippen LogP contribution in [0.4, 0.5) is 5.69 Å². The Balaban J connectivity index is 1.58. The van der Waals surface area contributed by atoms with Crippen molar-refractivity contribution in [2.75, 3.05) is 4.90 Å². The number of ketones is 1. The van der Waals surface area contributed by atoms with Crippen LogP contribution in [0.15, 0.2) is 109 Å². The summed E-state index contributed by atoms with van der Waals surface area (Å²) in [6.45, 7) is 0. The van der Waals surface area contributed by atoms with E-state index in [4.69, 9.17) is 0 Å². The molecule has 0 saturated carbocycles. The molecule has 0 N–H and O–H groups in total. The van der Waals surface area contributed by atoms with Gasteiger partial charge in [-0.25, -0.2) is 0 Å². The number of hydrogen-bond donors (Lipinski definition) is 0. The molecule has 1 aliphatic rings. The average Bonchev–Trinajstić information content (AvgIpc) is 3.14. The van der Waals surface area contributed by atoms with Crippen molar-refractivity contribution in [1.82, 2.24) is 4.98 Å². The smallest absolute Gasteiger partial charge is 0.295 e. The van der Waals surface area contributed by atoms with Crippen LogP contribution in [-0.2, 0) is 9.59 Å². The molecule has 0 bridgehead atoms. The maximum atomic E-state index is 13.6. The minimum Gasteiger partial charge on any atom is -0.297 e. The molecule has 5 aromatic rings. The number of anilines is 1. The molecule has 2 unspecified atom stereocenters. The Kier molecular flexibility index (Phi) is 4.51. The number of pyridine rings is 1. The summed E-state index contributed by atoms with van der Waals surface area (Å²) in [6, 6.07) is 32.9. The number of carbonyl (C=O) groups excluding carboxylic acids is 2. The van der Waals surface area contributed by atoms with E-state index in [1.54, 1.807) is 11.1 Å². The minimum atomic E-state index is -0.626. The first kappa shape index (κ1) is 19.4. The third-order valence-electron chi connectivity index (χ3n) is 6.48. The molecule has 1 fully saturated rings. The van der Waals surface area contributed by atoms with Crippen LogP contribution in [0, 0.1) is 0 Å². The van der Waals surface area contributed by atoms with E-state index in [2.05, 4.69) is 4.98 Å². The maximum Gasteiger partial charge on any atom is 0.295 e. The molecule has 33 heavy (non-hydrogen) atoms. The van der Waals surface area contributed by atoms with Gasteiger partial charge in [0, 0.05) is 17.3 Å². The quantitative estimate of drug-likeness (QED) is 0.340. The summed E-state index contributed by atoms with van der Waals surface area (Å²) in [5.74, 6) is -1.50. The van der Waals surface area contributed by atoms with E-state index in [1.807, 2.05) is 103 Å². The van der Waals surface area contributed by atoms with Gasteiger partial charge in [-0.3, -0.25) is 19.5 Å². The lowest BCUT2D eigenvalue weighted by atomic mass is 9.85. The molecule has 0 radical (unpaired) electrons. The van der Waals surface area contributed by atoms with E-state index in [1.165, 1.54) is 0 Å². The van der Waals surface area contributed by atoms with Gasteiger partial charge >= 0.3 is 0 Å². The Morgan fingerprint density at radius 1 is 0.697 bits per heavy atom. The molecule has 4 heteroatoms. The zero-order chi connectivity index (χ0) is 22.4. The summed E-state index contributed by atoms with van der Waals surface area (Å²) in [7, 11) is 0. The molecule has 1 aromatic heterocycles. The molecule has 6 rings (SSSR count). The van der Waals surface area contributed by atoms with Crippen molar-refractivity contribution in [3.05, 3.63) is 120 Å². The number of rotatable bonds is 3. The number of nitrogens with zero attached hydrogens (tertiary/aromatic N) is 2. The third-order valence-corrected chi connectivity index (χ3v) is 6.48. The van der Waals surface area contributed by atoms with Crippen molar-refractivity contribution in [2.45, 2.75) is 12.0 Å². The summed E-state index contributed by atoms with van der Waals surface area (Å²) in [5.41, 5.74) is 3.29. The van der Waals surface area contributed by atoms with Crippen LogP contribution in [0.2, 0.25) is 0 Å². The fraction of sp³-hybridized carbons (Fsp3) is 0.0690. The molecule has 1 aliphatic heterocycles. The van der Waals surface area contributed by atoms with Crippen molar-refractivity contribution in [3.8, 4) is 0 Å². The SMILES string of the molecule is O=C1C(=O)N(c2ccc3ccccc3c2)C(c2ccccc2)C1c1ccnc2ccccc12. The van der Waals surface area contributed by atoms with Gasteiger partial charge in [0.2, 0.25) is 5.78 Å². The molecule has 1 saturated heterocycles. The summed E-state index contributed by atoms with van der Waals surface area (Å²) in [4.78, 5) is 33.2. The fourth-order valence-corrected chi connectivity index (χ4v) is 4.97. The molecular formula is C29H20N2O2. The Morgan fingerprint density at radius 2 is 1.42 bits per heavy atom. The van der Waals surface area contributed by atoms with Gasteiger partial charge in [-0.05, 0) is 46.2 Å². The van der Waals surface area contributed by atoms with E-state index in [-0.39, 0.29) is 0 Å². The van der Waals surface area contributed by atoms with E-state index in [0.29, 0.717) is 0 Å². The first-order chi connectivity index (χ1) is 16.2. The Labute approximate surface area is 191 Å². The lowest BCUT2D eigenvalue weighted by molar-refractivity contribution is -0.134. The van der Waals surface area contributed by atoms with E-state index >= 15 is 0 Å². The van der Waals surface area contributed by atoms with Crippen LogP contribution in [0.1, 0.15) is 23.1 Å². The number of benzene rings is 4. The number of para-hydroxylation sites is 1. The van der Waals surface area contributed by atoms with Gasteiger partial charge in [0.15, 0.2) is 0 Å². The second-order valence-electron chi connectivity index (χ2n) is 8.32. The average molecular weight is 428 g/mol. The first-order valence-corrected chi connectivity index (χ1v) is 11.0. The summed E-state index contributed by atoms with van der Waals surface area (Å²) in [5, 5.41) is 3.01. The van der Waals surface area contributed by atoms with Crippen LogP contribution < -0.4 is 4.90 Å². The normalized spacial score (nSPS) is 18.4. The highest BCUT2D eigenvalue weighted by atomic mass is 16.2. The number of aromatic nitrogens is 1. The van der Waals surface area contributed by atoms with Gasteiger partial charge in [-0.1, -0.05) is 78.9 Å². The van der Waals surface area contributed by atoms with Crippen molar-refractivity contribution in [1.29, 1.82) is 0 Å². The highest BCUT2D eigenvalue weighted by Crippen LogP contribution is 2.46. The van der Waals surface area contributed by atoms with Crippen molar-refractivity contribution >= 4 is 39.1 Å². The molecule has 0 aliphatic carbocycles. The predicted molar refractivity (Wildman–Crippen MR) is 130 cm³/mol. The highest BCUT2D eigenvalue weighted by molar-refractivity contribution is 6.46. The maximum absolute atomic E-state index is 13.6. The molecule has 2 atom stereocenters. The van der Waals surface area contributed by atoms with E-state index in [0.717, 1.165) is 38.5 Å². The number of Topliss-reactive ketones (excluding diaryl/α,β-unsaturated/α-hetero) is 1. The number of hydrogen-bond acceptors (Lipinski definition) is 3. The summed E-state index contributed by atoms with van der Waals surface area (Å²) < 4.78 is 0. The zero-order valence-corrected chi connectivity index (χ0v) is 17.8.